The van der Waals surface area contributed by atoms with Crippen LogP contribution in [0.1, 0.15) is 33.7 Å². The summed E-state index contributed by atoms with van der Waals surface area (Å²) < 4.78 is 6.38. The summed E-state index contributed by atoms with van der Waals surface area (Å²) in [5, 5.41) is 10.9. The van der Waals surface area contributed by atoms with Gasteiger partial charge < -0.3 is 9.73 Å². The fourth-order valence-corrected chi connectivity index (χ4v) is 2.77. The van der Waals surface area contributed by atoms with Gasteiger partial charge in [-0.05, 0) is 23.8 Å². The minimum absolute atomic E-state index is 0.187. The van der Waals surface area contributed by atoms with E-state index in [4.69, 9.17) is 4.42 Å². The van der Waals surface area contributed by atoms with Crippen LogP contribution in [-0.4, -0.2) is 16.1 Å². The molecule has 0 saturated carbocycles. The lowest BCUT2D eigenvalue weighted by Crippen LogP contribution is -2.30. The molecule has 1 unspecified atom stereocenters. The van der Waals surface area contributed by atoms with E-state index in [9.17, 15) is 4.79 Å². The van der Waals surface area contributed by atoms with Crippen molar-refractivity contribution in [2.45, 2.75) is 19.4 Å². The molecule has 3 rings (SSSR count). The maximum Gasteiger partial charge on any atom is 0.251 e. The van der Waals surface area contributed by atoms with Crippen LogP contribution in [0.25, 0.3) is 0 Å². The summed E-state index contributed by atoms with van der Waals surface area (Å²) in [5.74, 6) is 0.688. The van der Waals surface area contributed by atoms with Crippen molar-refractivity contribution in [3.05, 3.63) is 82.0 Å². The molecule has 1 N–H and O–H groups in total. The third-order valence-corrected chi connectivity index (χ3v) is 4.01. The van der Waals surface area contributed by atoms with Crippen LogP contribution < -0.4 is 5.32 Å². The third kappa shape index (κ3) is 4.08. The fraction of sp³-hybridized carbons (Fsp3) is 0.167. The summed E-state index contributed by atoms with van der Waals surface area (Å²) in [5.41, 5.74) is 1.64. The number of halogens is 1. The number of nitrogens with zero attached hydrogens (tertiary/aromatic N) is 2. The second-order valence-electron chi connectivity index (χ2n) is 5.39. The number of carbonyl (C=O) groups excluding carboxylic acids is 1. The molecule has 3 aromatic rings. The van der Waals surface area contributed by atoms with E-state index in [1.165, 1.54) is 0 Å². The molecule has 2 aromatic carbocycles. The number of rotatable bonds is 5. The normalized spacial score (nSPS) is 11.9. The Labute approximate surface area is 148 Å². The van der Waals surface area contributed by atoms with Gasteiger partial charge in [0.1, 0.15) is 6.04 Å². The molecule has 24 heavy (non-hydrogen) atoms. The number of hydrogen-bond donors (Lipinski definition) is 1. The first-order chi connectivity index (χ1) is 11.6. The van der Waals surface area contributed by atoms with Crippen molar-refractivity contribution in [3.63, 3.8) is 0 Å². The van der Waals surface area contributed by atoms with E-state index in [1.54, 1.807) is 19.1 Å². The van der Waals surface area contributed by atoms with Gasteiger partial charge in [0.25, 0.3) is 5.91 Å². The Bertz CT molecular complexity index is 833. The lowest BCUT2D eigenvalue weighted by atomic mass is 10.1. The Kier molecular flexibility index (Phi) is 5.05. The Morgan fingerprint density at radius 3 is 2.62 bits per heavy atom. The summed E-state index contributed by atoms with van der Waals surface area (Å²) in [6.45, 7) is 1.73. The van der Waals surface area contributed by atoms with Gasteiger partial charge in [0.15, 0.2) is 0 Å². The summed E-state index contributed by atoms with van der Waals surface area (Å²) in [6, 6.07) is 16.7. The molecule has 0 aliphatic carbocycles. The van der Waals surface area contributed by atoms with Gasteiger partial charge in [-0.25, -0.2) is 0 Å². The zero-order chi connectivity index (χ0) is 16.9. The highest BCUT2D eigenvalue weighted by Gasteiger charge is 2.21. The summed E-state index contributed by atoms with van der Waals surface area (Å²) in [7, 11) is 0. The minimum atomic E-state index is -0.389. The molecule has 0 aliphatic rings. The average Bonchev–Trinajstić information content (AvgIpc) is 3.01. The Hall–Kier alpha value is -2.47. The monoisotopic (exact) mass is 385 g/mol. The van der Waals surface area contributed by atoms with Crippen LogP contribution >= 0.6 is 15.9 Å². The highest BCUT2D eigenvalue weighted by molar-refractivity contribution is 9.10. The molecule has 5 nitrogen and oxygen atoms in total. The Balaban J connectivity index is 1.83. The van der Waals surface area contributed by atoms with Crippen LogP contribution in [0.15, 0.2) is 63.5 Å². The smallest absolute Gasteiger partial charge is 0.251 e. The molecule has 1 heterocycles. The van der Waals surface area contributed by atoms with Crippen molar-refractivity contribution < 1.29 is 9.21 Å². The van der Waals surface area contributed by atoms with E-state index in [-0.39, 0.29) is 11.9 Å². The van der Waals surface area contributed by atoms with Crippen LogP contribution in [0, 0.1) is 6.92 Å². The van der Waals surface area contributed by atoms with E-state index < -0.39 is 0 Å². The quantitative estimate of drug-likeness (QED) is 0.723. The fourth-order valence-electron chi connectivity index (χ4n) is 2.37. The molecule has 0 bridgehead atoms. The highest BCUT2D eigenvalue weighted by Crippen LogP contribution is 2.19. The SMILES string of the molecule is Cc1nnc(C(Cc2ccccc2)NC(=O)c2cccc(Br)c2)o1. The average molecular weight is 386 g/mol. The number of amides is 1. The summed E-state index contributed by atoms with van der Waals surface area (Å²) >= 11 is 3.38. The first-order valence-electron chi connectivity index (χ1n) is 7.52. The topological polar surface area (TPSA) is 68.0 Å². The third-order valence-electron chi connectivity index (χ3n) is 3.51. The van der Waals surface area contributed by atoms with E-state index in [1.807, 2.05) is 42.5 Å². The van der Waals surface area contributed by atoms with Crippen molar-refractivity contribution in [1.29, 1.82) is 0 Å². The predicted molar refractivity (Wildman–Crippen MR) is 93.5 cm³/mol. The first kappa shape index (κ1) is 16.4. The number of aryl methyl sites for hydroxylation is 1. The molecule has 0 spiro atoms. The zero-order valence-corrected chi connectivity index (χ0v) is 14.7. The molecule has 1 amide bonds. The van der Waals surface area contributed by atoms with E-state index in [2.05, 4.69) is 31.4 Å². The van der Waals surface area contributed by atoms with Crippen molar-refractivity contribution in [1.82, 2.24) is 15.5 Å². The molecule has 0 radical (unpaired) electrons. The first-order valence-corrected chi connectivity index (χ1v) is 8.31. The Morgan fingerprint density at radius 1 is 1.17 bits per heavy atom. The molecular formula is C18H16BrN3O2. The largest absolute Gasteiger partial charge is 0.423 e. The van der Waals surface area contributed by atoms with Crippen molar-refractivity contribution in [3.8, 4) is 0 Å². The lowest BCUT2D eigenvalue weighted by molar-refractivity contribution is 0.0929. The van der Waals surface area contributed by atoms with Gasteiger partial charge in [0.2, 0.25) is 11.8 Å². The van der Waals surface area contributed by atoms with Gasteiger partial charge in [-0.2, -0.15) is 0 Å². The van der Waals surface area contributed by atoms with Crippen molar-refractivity contribution in [2.75, 3.05) is 0 Å². The standard InChI is InChI=1S/C18H16BrN3O2/c1-12-21-22-18(24-12)16(10-13-6-3-2-4-7-13)20-17(23)14-8-5-9-15(19)11-14/h2-9,11,16H,10H2,1H3,(H,20,23). The maximum absolute atomic E-state index is 12.6. The van der Waals surface area contributed by atoms with Crippen LogP contribution in [0.3, 0.4) is 0 Å². The molecule has 1 aromatic heterocycles. The zero-order valence-electron chi connectivity index (χ0n) is 13.1. The molecule has 6 heteroatoms. The summed E-state index contributed by atoms with van der Waals surface area (Å²) in [6.07, 6.45) is 0.572. The second-order valence-corrected chi connectivity index (χ2v) is 6.30. The van der Waals surface area contributed by atoms with E-state index in [0.717, 1.165) is 10.0 Å². The second kappa shape index (κ2) is 7.40. The van der Waals surface area contributed by atoms with Gasteiger partial charge in [0, 0.05) is 23.4 Å². The predicted octanol–water partition coefficient (Wildman–Crippen LogP) is 3.85. The highest BCUT2D eigenvalue weighted by atomic mass is 79.9. The van der Waals surface area contributed by atoms with Crippen LogP contribution in [-0.2, 0) is 6.42 Å². The van der Waals surface area contributed by atoms with Gasteiger partial charge in [-0.1, -0.05) is 52.3 Å². The van der Waals surface area contributed by atoms with Crippen LogP contribution in [0.4, 0.5) is 0 Å². The van der Waals surface area contributed by atoms with Gasteiger partial charge in [0.05, 0.1) is 0 Å². The molecule has 1 atom stereocenters. The Morgan fingerprint density at radius 2 is 1.96 bits per heavy atom. The van der Waals surface area contributed by atoms with Crippen molar-refractivity contribution >= 4 is 21.8 Å². The van der Waals surface area contributed by atoms with E-state index >= 15 is 0 Å². The number of benzene rings is 2. The van der Waals surface area contributed by atoms with Gasteiger partial charge >= 0.3 is 0 Å². The van der Waals surface area contributed by atoms with Gasteiger partial charge in [-0.3, -0.25) is 4.79 Å². The van der Waals surface area contributed by atoms with Gasteiger partial charge in [-0.15, -0.1) is 10.2 Å². The van der Waals surface area contributed by atoms with Crippen molar-refractivity contribution in [2.24, 2.45) is 0 Å². The molecular weight excluding hydrogens is 370 g/mol. The number of carbonyl (C=O) groups is 1. The minimum Gasteiger partial charge on any atom is -0.423 e. The van der Waals surface area contributed by atoms with Crippen LogP contribution in [0.2, 0.25) is 0 Å². The molecule has 0 aliphatic heterocycles. The number of aromatic nitrogens is 2. The summed E-state index contributed by atoms with van der Waals surface area (Å²) in [4.78, 5) is 12.6. The number of hydrogen-bond acceptors (Lipinski definition) is 4. The molecule has 0 saturated heterocycles. The van der Waals surface area contributed by atoms with E-state index in [0.29, 0.717) is 23.8 Å². The molecule has 122 valence electrons. The number of nitrogens with one attached hydrogen (secondary N) is 1. The maximum atomic E-state index is 12.6. The lowest BCUT2D eigenvalue weighted by Gasteiger charge is -2.15. The molecule has 0 fully saturated rings. The van der Waals surface area contributed by atoms with Crippen LogP contribution in [0.5, 0.6) is 0 Å².